The third kappa shape index (κ3) is 1.80. The Bertz CT molecular complexity index is 329. The Balaban J connectivity index is 3.20. The second-order valence-electron chi connectivity index (χ2n) is 3.61. The summed E-state index contributed by atoms with van der Waals surface area (Å²) >= 11 is 3.42. The second-order valence-corrected chi connectivity index (χ2v) is 4.17. The van der Waals surface area contributed by atoms with Crippen LogP contribution in [0.25, 0.3) is 0 Å². The second kappa shape index (κ2) is 4.56. The highest BCUT2D eigenvalue weighted by atomic mass is 79.9. The van der Waals surface area contributed by atoms with Crippen molar-refractivity contribution in [2.45, 2.75) is 19.3 Å². The van der Waals surface area contributed by atoms with Gasteiger partial charge in [0.2, 0.25) is 0 Å². The van der Waals surface area contributed by atoms with Crippen molar-refractivity contribution in [3.63, 3.8) is 0 Å². The van der Waals surface area contributed by atoms with E-state index in [1.54, 1.807) is 12.4 Å². The summed E-state index contributed by atoms with van der Waals surface area (Å²) < 4.78 is 0. The predicted molar refractivity (Wildman–Crippen MR) is 60.2 cm³/mol. The molecule has 1 aromatic rings. The molecule has 0 aliphatic carbocycles. The zero-order valence-electron chi connectivity index (χ0n) is 8.37. The lowest BCUT2D eigenvalue weighted by atomic mass is 9.75. The minimum absolute atomic E-state index is 0.260. The van der Waals surface area contributed by atoms with E-state index < -0.39 is 5.41 Å². The maximum atomic E-state index is 9.29. The van der Waals surface area contributed by atoms with Gasteiger partial charge >= 0.3 is 0 Å². The fourth-order valence-electron chi connectivity index (χ4n) is 1.41. The smallest absolute Gasteiger partial charge is 0.0956 e. The van der Waals surface area contributed by atoms with Crippen molar-refractivity contribution in [1.82, 2.24) is 4.98 Å². The SMILES string of the molecule is CC(C)C(C#N)(CBr)c1cccnc1. The molecule has 74 valence electrons. The quantitative estimate of drug-likeness (QED) is 0.776. The third-order valence-electron chi connectivity index (χ3n) is 2.57. The number of aromatic nitrogens is 1. The van der Waals surface area contributed by atoms with Crippen LogP contribution >= 0.6 is 15.9 Å². The largest absolute Gasteiger partial charge is 0.264 e. The zero-order valence-corrected chi connectivity index (χ0v) is 9.95. The van der Waals surface area contributed by atoms with E-state index in [1.165, 1.54) is 0 Å². The third-order valence-corrected chi connectivity index (χ3v) is 3.46. The van der Waals surface area contributed by atoms with Gasteiger partial charge in [-0.3, -0.25) is 4.98 Å². The molecule has 14 heavy (non-hydrogen) atoms. The first-order valence-electron chi connectivity index (χ1n) is 4.55. The Morgan fingerprint density at radius 3 is 2.71 bits per heavy atom. The van der Waals surface area contributed by atoms with Gasteiger partial charge in [0.05, 0.1) is 11.5 Å². The standard InChI is InChI=1S/C11H13BrN2/c1-9(2)11(7-12,8-13)10-4-3-5-14-6-10/h3-6,9H,7H2,1-2H3. The lowest BCUT2D eigenvalue weighted by Gasteiger charge is -2.28. The Kier molecular flexibility index (Phi) is 3.65. The van der Waals surface area contributed by atoms with Crippen molar-refractivity contribution in [2.75, 3.05) is 5.33 Å². The van der Waals surface area contributed by atoms with E-state index in [1.807, 2.05) is 12.1 Å². The monoisotopic (exact) mass is 252 g/mol. The van der Waals surface area contributed by atoms with E-state index in [0.29, 0.717) is 5.33 Å². The van der Waals surface area contributed by atoms with Gasteiger partial charge < -0.3 is 0 Å². The summed E-state index contributed by atoms with van der Waals surface area (Å²) in [5.41, 5.74) is 0.517. The van der Waals surface area contributed by atoms with Crippen molar-refractivity contribution in [3.05, 3.63) is 30.1 Å². The highest BCUT2D eigenvalue weighted by molar-refractivity contribution is 9.09. The van der Waals surface area contributed by atoms with Gasteiger partial charge in [-0.05, 0) is 17.5 Å². The molecular formula is C11H13BrN2. The number of hydrogen-bond donors (Lipinski definition) is 0. The summed E-state index contributed by atoms with van der Waals surface area (Å²) in [7, 11) is 0. The van der Waals surface area contributed by atoms with Gasteiger partial charge in [0.1, 0.15) is 0 Å². The molecular weight excluding hydrogens is 240 g/mol. The Morgan fingerprint density at radius 2 is 2.36 bits per heavy atom. The molecule has 1 heterocycles. The maximum absolute atomic E-state index is 9.29. The first-order valence-corrected chi connectivity index (χ1v) is 5.67. The maximum Gasteiger partial charge on any atom is 0.0956 e. The molecule has 1 atom stereocenters. The molecule has 0 saturated heterocycles. The van der Waals surface area contributed by atoms with Crippen LogP contribution in [0.4, 0.5) is 0 Å². The summed E-state index contributed by atoms with van der Waals surface area (Å²) in [6, 6.07) is 6.22. The first-order chi connectivity index (χ1) is 6.67. The molecule has 0 amide bonds. The van der Waals surface area contributed by atoms with Crippen LogP contribution < -0.4 is 0 Å². The van der Waals surface area contributed by atoms with Crippen molar-refractivity contribution in [1.29, 1.82) is 5.26 Å². The molecule has 0 fully saturated rings. The van der Waals surface area contributed by atoms with Gasteiger partial charge in [-0.1, -0.05) is 35.8 Å². The zero-order chi connectivity index (χ0) is 10.6. The van der Waals surface area contributed by atoms with E-state index in [9.17, 15) is 5.26 Å². The van der Waals surface area contributed by atoms with Crippen molar-refractivity contribution < 1.29 is 0 Å². The average Bonchev–Trinajstić information content (AvgIpc) is 2.22. The van der Waals surface area contributed by atoms with Crippen molar-refractivity contribution >= 4 is 15.9 Å². The Labute approximate surface area is 93.1 Å². The molecule has 0 bridgehead atoms. The summed E-state index contributed by atoms with van der Waals surface area (Å²) in [4.78, 5) is 4.06. The minimum Gasteiger partial charge on any atom is -0.264 e. The molecule has 0 aliphatic rings. The molecule has 0 N–H and O–H groups in total. The number of pyridine rings is 1. The average molecular weight is 253 g/mol. The van der Waals surface area contributed by atoms with Crippen LogP contribution in [0.2, 0.25) is 0 Å². The van der Waals surface area contributed by atoms with Crippen molar-refractivity contribution in [2.24, 2.45) is 5.92 Å². The number of nitriles is 1. The van der Waals surface area contributed by atoms with Gasteiger partial charge in [-0.2, -0.15) is 5.26 Å². The van der Waals surface area contributed by atoms with Crippen LogP contribution in [0.15, 0.2) is 24.5 Å². The Morgan fingerprint density at radius 1 is 1.64 bits per heavy atom. The summed E-state index contributed by atoms with van der Waals surface area (Å²) in [6.45, 7) is 4.11. The van der Waals surface area contributed by atoms with Crippen LogP contribution in [0, 0.1) is 17.2 Å². The number of rotatable bonds is 3. The van der Waals surface area contributed by atoms with Gasteiger partial charge in [-0.25, -0.2) is 0 Å². The van der Waals surface area contributed by atoms with Gasteiger partial charge in [0, 0.05) is 17.7 Å². The van der Waals surface area contributed by atoms with Gasteiger partial charge in [0.25, 0.3) is 0 Å². The molecule has 1 aromatic heterocycles. The van der Waals surface area contributed by atoms with E-state index in [-0.39, 0.29) is 5.92 Å². The minimum atomic E-state index is -0.464. The van der Waals surface area contributed by atoms with E-state index in [2.05, 4.69) is 40.8 Å². The van der Waals surface area contributed by atoms with Crippen LogP contribution in [0.3, 0.4) is 0 Å². The molecule has 0 radical (unpaired) electrons. The number of halogens is 1. The predicted octanol–water partition coefficient (Wildman–Crippen LogP) is 2.89. The molecule has 0 aliphatic heterocycles. The number of alkyl halides is 1. The highest BCUT2D eigenvalue weighted by Crippen LogP contribution is 2.33. The van der Waals surface area contributed by atoms with E-state index in [4.69, 9.17) is 0 Å². The van der Waals surface area contributed by atoms with Crippen molar-refractivity contribution in [3.8, 4) is 6.07 Å². The molecule has 1 unspecified atom stereocenters. The topological polar surface area (TPSA) is 36.7 Å². The summed E-state index contributed by atoms with van der Waals surface area (Å²) in [5.74, 6) is 0.260. The molecule has 0 spiro atoms. The first kappa shape index (κ1) is 11.2. The number of hydrogen-bond acceptors (Lipinski definition) is 2. The molecule has 0 saturated carbocycles. The van der Waals surface area contributed by atoms with Crippen LogP contribution in [0.1, 0.15) is 19.4 Å². The molecule has 1 rings (SSSR count). The van der Waals surface area contributed by atoms with Gasteiger partial charge in [-0.15, -0.1) is 0 Å². The van der Waals surface area contributed by atoms with Crippen LogP contribution in [-0.4, -0.2) is 10.3 Å². The summed E-state index contributed by atoms with van der Waals surface area (Å²) in [5, 5.41) is 9.93. The highest BCUT2D eigenvalue weighted by Gasteiger charge is 2.34. The van der Waals surface area contributed by atoms with Gasteiger partial charge in [0.15, 0.2) is 0 Å². The molecule has 0 aromatic carbocycles. The lowest BCUT2D eigenvalue weighted by Crippen LogP contribution is -2.32. The molecule has 2 nitrogen and oxygen atoms in total. The van der Waals surface area contributed by atoms with E-state index in [0.717, 1.165) is 5.56 Å². The molecule has 3 heteroatoms. The number of nitrogens with zero attached hydrogens (tertiary/aromatic N) is 2. The van der Waals surface area contributed by atoms with Crippen LogP contribution in [0.5, 0.6) is 0 Å². The fraction of sp³-hybridized carbons (Fsp3) is 0.455. The fourth-order valence-corrected chi connectivity index (χ4v) is 2.51. The van der Waals surface area contributed by atoms with Crippen LogP contribution in [-0.2, 0) is 5.41 Å². The normalized spacial score (nSPS) is 14.8. The van der Waals surface area contributed by atoms with E-state index >= 15 is 0 Å². The lowest BCUT2D eigenvalue weighted by molar-refractivity contribution is 0.440. The Hall–Kier alpha value is -0.880. The summed E-state index contributed by atoms with van der Waals surface area (Å²) in [6.07, 6.45) is 3.49.